The molecule has 1 atom stereocenters. The number of hydrogen-bond donors (Lipinski definition) is 4. The molecular formula is C22H17F3N4O2. The molecule has 0 unspecified atom stereocenters. The van der Waals surface area contributed by atoms with Gasteiger partial charge in [0, 0.05) is 11.4 Å². The summed E-state index contributed by atoms with van der Waals surface area (Å²) in [5.41, 5.74) is 1.17. The number of rotatable bonds is 5. The van der Waals surface area contributed by atoms with Crippen molar-refractivity contribution in [2.45, 2.75) is 12.2 Å². The van der Waals surface area contributed by atoms with Gasteiger partial charge in [-0.25, -0.2) is 4.79 Å². The summed E-state index contributed by atoms with van der Waals surface area (Å²) < 4.78 is 39.0. The number of aromatic nitrogens is 2. The largest absolute Gasteiger partial charge is 0.416 e. The second kappa shape index (κ2) is 8.02. The standard InChI is InChI=1S/C22H17F3N4O2/c23-22(24,25)14-7-4-8-15(11-14)27-20(30)19(13-5-2-1-3-6-13)26-16-9-10-17-18(12-16)29-21(31)28-17/h1-12,19,26H,(H,27,30)(H2,28,29,31)/t19-/m1/s1. The maximum atomic E-state index is 13.0. The number of anilines is 2. The molecule has 9 heteroatoms. The highest BCUT2D eigenvalue weighted by Crippen LogP contribution is 2.31. The minimum Gasteiger partial charge on any atom is -0.370 e. The van der Waals surface area contributed by atoms with E-state index in [0.29, 0.717) is 22.3 Å². The molecule has 6 nitrogen and oxygen atoms in total. The summed E-state index contributed by atoms with van der Waals surface area (Å²) in [6, 6.07) is 17.4. The van der Waals surface area contributed by atoms with Crippen molar-refractivity contribution < 1.29 is 18.0 Å². The molecule has 0 saturated heterocycles. The van der Waals surface area contributed by atoms with Gasteiger partial charge in [-0.15, -0.1) is 0 Å². The van der Waals surface area contributed by atoms with Crippen LogP contribution in [0.4, 0.5) is 24.5 Å². The SMILES string of the molecule is O=C(Nc1cccc(C(F)(F)F)c1)[C@H](Nc1ccc2[nH]c(=O)[nH]c2c1)c1ccccc1. The number of hydrogen-bond acceptors (Lipinski definition) is 3. The van der Waals surface area contributed by atoms with Crippen molar-refractivity contribution in [3.8, 4) is 0 Å². The minimum absolute atomic E-state index is 0.0352. The number of alkyl halides is 3. The molecule has 0 radical (unpaired) electrons. The Morgan fingerprint density at radius 2 is 1.58 bits per heavy atom. The highest BCUT2D eigenvalue weighted by atomic mass is 19.4. The molecule has 0 bridgehead atoms. The molecular weight excluding hydrogens is 409 g/mol. The van der Waals surface area contributed by atoms with Gasteiger partial charge in [0.25, 0.3) is 5.91 Å². The van der Waals surface area contributed by atoms with Gasteiger partial charge in [0.2, 0.25) is 0 Å². The molecule has 158 valence electrons. The number of aromatic amines is 2. The van der Waals surface area contributed by atoms with Gasteiger partial charge in [-0.1, -0.05) is 36.4 Å². The van der Waals surface area contributed by atoms with Crippen molar-refractivity contribution in [2.24, 2.45) is 0 Å². The molecule has 4 aromatic rings. The molecule has 0 saturated carbocycles. The molecule has 0 aliphatic carbocycles. The maximum Gasteiger partial charge on any atom is 0.416 e. The summed E-state index contributed by atoms with van der Waals surface area (Å²) in [6.45, 7) is 0. The highest BCUT2D eigenvalue weighted by molar-refractivity contribution is 5.97. The average Bonchev–Trinajstić information content (AvgIpc) is 3.11. The molecule has 0 spiro atoms. The summed E-state index contributed by atoms with van der Waals surface area (Å²) in [7, 11) is 0. The molecule has 0 aliphatic heterocycles. The third-order valence-electron chi connectivity index (χ3n) is 4.68. The second-order valence-electron chi connectivity index (χ2n) is 6.90. The third-order valence-corrected chi connectivity index (χ3v) is 4.68. The van der Waals surface area contributed by atoms with Gasteiger partial charge in [-0.3, -0.25) is 4.79 Å². The lowest BCUT2D eigenvalue weighted by atomic mass is 10.1. The predicted octanol–water partition coefficient (Wildman–Crippen LogP) is 4.67. The molecule has 1 aromatic heterocycles. The zero-order valence-corrected chi connectivity index (χ0v) is 16.0. The minimum atomic E-state index is -4.51. The van der Waals surface area contributed by atoms with Gasteiger partial charge in [0.1, 0.15) is 6.04 Å². The molecule has 0 fully saturated rings. The Morgan fingerprint density at radius 3 is 2.32 bits per heavy atom. The summed E-state index contributed by atoms with van der Waals surface area (Å²) in [5, 5.41) is 5.64. The zero-order valence-electron chi connectivity index (χ0n) is 16.0. The van der Waals surface area contributed by atoms with Gasteiger partial charge in [0.05, 0.1) is 16.6 Å². The number of halogens is 3. The Balaban J connectivity index is 1.63. The molecule has 31 heavy (non-hydrogen) atoms. The number of benzene rings is 3. The number of fused-ring (bicyclic) bond motifs is 1. The lowest BCUT2D eigenvalue weighted by Crippen LogP contribution is -2.27. The van der Waals surface area contributed by atoms with Crippen LogP contribution in [0, 0.1) is 0 Å². The van der Waals surface area contributed by atoms with Crippen molar-refractivity contribution >= 4 is 28.3 Å². The van der Waals surface area contributed by atoms with E-state index in [-0.39, 0.29) is 11.4 Å². The Labute approximate surface area is 174 Å². The Hall–Kier alpha value is -4.01. The van der Waals surface area contributed by atoms with Crippen LogP contribution in [0.3, 0.4) is 0 Å². The summed E-state index contributed by atoms with van der Waals surface area (Å²) in [4.78, 5) is 29.8. The first kappa shape index (κ1) is 20.3. The van der Waals surface area contributed by atoms with E-state index in [1.165, 1.54) is 12.1 Å². The molecule has 0 aliphatic rings. The average molecular weight is 426 g/mol. The second-order valence-corrected chi connectivity index (χ2v) is 6.90. The fourth-order valence-electron chi connectivity index (χ4n) is 3.22. The smallest absolute Gasteiger partial charge is 0.370 e. The van der Waals surface area contributed by atoms with Crippen LogP contribution < -0.4 is 16.3 Å². The Kier molecular flexibility index (Phi) is 5.24. The van der Waals surface area contributed by atoms with E-state index >= 15 is 0 Å². The van der Waals surface area contributed by atoms with Gasteiger partial charge in [-0.2, -0.15) is 13.2 Å². The van der Waals surface area contributed by atoms with Crippen LogP contribution in [0.5, 0.6) is 0 Å². The molecule has 1 heterocycles. The van der Waals surface area contributed by atoms with Crippen LogP contribution in [0.2, 0.25) is 0 Å². The third kappa shape index (κ3) is 4.61. The number of H-pyrrole nitrogens is 2. The quantitative estimate of drug-likeness (QED) is 0.374. The van der Waals surface area contributed by atoms with E-state index in [9.17, 15) is 22.8 Å². The molecule has 3 aromatic carbocycles. The van der Waals surface area contributed by atoms with Crippen LogP contribution in [0.1, 0.15) is 17.2 Å². The number of amides is 1. The number of carbonyl (C=O) groups excluding carboxylic acids is 1. The van der Waals surface area contributed by atoms with Crippen LogP contribution >= 0.6 is 0 Å². The van der Waals surface area contributed by atoms with E-state index in [0.717, 1.165) is 12.1 Å². The lowest BCUT2D eigenvalue weighted by molar-refractivity contribution is -0.137. The number of nitrogens with one attached hydrogen (secondary N) is 4. The van der Waals surface area contributed by atoms with E-state index < -0.39 is 23.7 Å². The van der Waals surface area contributed by atoms with Crippen LogP contribution in [0.25, 0.3) is 11.0 Å². The van der Waals surface area contributed by atoms with Crippen LogP contribution in [-0.2, 0) is 11.0 Å². The predicted molar refractivity (Wildman–Crippen MR) is 112 cm³/mol. The van der Waals surface area contributed by atoms with Gasteiger partial charge in [0.15, 0.2) is 0 Å². The Bertz CT molecular complexity index is 1280. The lowest BCUT2D eigenvalue weighted by Gasteiger charge is -2.20. The topological polar surface area (TPSA) is 89.8 Å². The van der Waals surface area contributed by atoms with Crippen molar-refractivity contribution in [3.63, 3.8) is 0 Å². The van der Waals surface area contributed by atoms with E-state index in [2.05, 4.69) is 20.6 Å². The zero-order chi connectivity index (χ0) is 22.0. The summed E-state index contributed by atoms with van der Waals surface area (Å²) in [5.74, 6) is -0.534. The van der Waals surface area contributed by atoms with E-state index in [1.54, 1.807) is 48.5 Å². The monoisotopic (exact) mass is 426 g/mol. The molecule has 1 amide bonds. The first-order valence-electron chi connectivity index (χ1n) is 9.31. The summed E-state index contributed by atoms with van der Waals surface area (Å²) in [6.07, 6.45) is -4.51. The maximum absolute atomic E-state index is 13.0. The highest BCUT2D eigenvalue weighted by Gasteiger charge is 2.30. The van der Waals surface area contributed by atoms with E-state index in [1.807, 2.05) is 0 Å². The normalized spacial score (nSPS) is 12.5. The number of imidazole rings is 1. The Morgan fingerprint density at radius 1 is 0.839 bits per heavy atom. The van der Waals surface area contributed by atoms with Crippen molar-refractivity contribution in [1.82, 2.24) is 9.97 Å². The van der Waals surface area contributed by atoms with Crippen LogP contribution in [-0.4, -0.2) is 15.9 Å². The summed E-state index contributed by atoms with van der Waals surface area (Å²) >= 11 is 0. The number of carbonyl (C=O) groups is 1. The molecule has 4 rings (SSSR count). The van der Waals surface area contributed by atoms with Gasteiger partial charge in [-0.05, 0) is 42.0 Å². The van der Waals surface area contributed by atoms with Gasteiger partial charge >= 0.3 is 11.9 Å². The van der Waals surface area contributed by atoms with Crippen molar-refractivity contribution in [3.05, 3.63) is 94.4 Å². The van der Waals surface area contributed by atoms with Crippen molar-refractivity contribution in [1.29, 1.82) is 0 Å². The fourth-order valence-corrected chi connectivity index (χ4v) is 3.22. The first-order valence-corrected chi connectivity index (χ1v) is 9.31. The first-order chi connectivity index (χ1) is 14.8. The van der Waals surface area contributed by atoms with Crippen LogP contribution in [0.15, 0.2) is 77.6 Å². The molecule has 4 N–H and O–H groups in total. The van der Waals surface area contributed by atoms with E-state index in [4.69, 9.17) is 0 Å². The fraction of sp³-hybridized carbons (Fsp3) is 0.0909. The van der Waals surface area contributed by atoms with Crippen molar-refractivity contribution in [2.75, 3.05) is 10.6 Å². The van der Waals surface area contributed by atoms with Gasteiger partial charge < -0.3 is 20.6 Å².